The van der Waals surface area contributed by atoms with Crippen LogP contribution in [-0.2, 0) is 12.8 Å². The first-order valence-corrected chi connectivity index (χ1v) is 10.5. The summed E-state index contributed by atoms with van der Waals surface area (Å²) in [4.78, 5) is 14.1. The predicted octanol–water partition coefficient (Wildman–Crippen LogP) is 5.25. The number of nitrogens with one attached hydrogen (secondary N) is 2. The van der Waals surface area contributed by atoms with E-state index in [9.17, 15) is 10.1 Å². The van der Waals surface area contributed by atoms with Gasteiger partial charge in [0.15, 0.2) is 0 Å². The van der Waals surface area contributed by atoms with Crippen LogP contribution in [0.3, 0.4) is 0 Å². The van der Waals surface area contributed by atoms with Gasteiger partial charge in [-0.25, -0.2) is 0 Å². The monoisotopic (exact) mass is 405 g/mol. The number of benzene rings is 1. The summed E-state index contributed by atoms with van der Waals surface area (Å²) in [5.74, 6) is 0.134. The van der Waals surface area contributed by atoms with Crippen LogP contribution in [0.5, 0.6) is 0 Å². The maximum Gasteiger partial charge on any atom is 0.261 e. The number of thiophene rings is 1. The van der Waals surface area contributed by atoms with Crippen molar-refractivity contribution in [3.8, 4) is 6.07 Å². The molecule has 0 aliphatic heterocycles. The van der Waals surface area contributed by atoms with Crippen LogP contribution in [-0.4, -0.2) is 5.91 Å². The average Bonchev–Trinajstić information content (AvgIpc) is 3.02. The van der Waals surface area contributed by atoms with Crippen LogP contribution in [0.2, 0.25) is 0 Å². The Balaban J connectivity index is 1.66. The molecule has 1 atom stereocenters. The zero-order valence-electron chi connectivity index (χ0n) is 16.8. The molecule has 1 aromatic carbocycles. The first-order valence-electron chi connectivity index (χ1n) is 9.71. The van der Waals surface area contributed by atoms with E-state index in [2.05, 4.69) is 32.2 Å². The molecule has 1 aliphatic carbocycles. The Kier molecular flexibility index (Phi) is 4.79. The molecule has 0 saturated heterocycles. The van der Waals surface area contributed by atoms with E-state index in [1.807, 2.05) is 18.2 Å². The van der Waals surface area contributed by atoms with Crippen molar-refractivity contribution in [3.63, 3.8) is 0 Å². The lowest BCUT2D eigenvalue weighted by atomic mass is 9.72. The number of carbonyl (C=O) groups excluding carboxylic acids is 1. The largest absolute Gasteiger partial charge is 0.438 e. The highest BCUT2D eigenvalue weighted by Gasteiger charge is 2.32. The minimum Gasteiger partial charge on any atom is -0.438 e. The number of hydrogen-bond acceptors (Lipinski definition) is 5. The molecular formula is C23H23N3O2S. The lowest BCUT2D eigenvalue weighted by molar-refractivity contribution is 0.102. The SMILES string of the molecule is CC(C)(C)[C@@H]1CCc2c(sc(NC(=O)c3cc4ccccc4oc3=N)c2C#N)C1. The van der Waals surface area contributed by atoms with Crippen LogP contribution in [0, 0.1) is 28.1 Å². The maximum atomic E-state index is 12.9. The highest BCUT2D eigenvalue weighted by molar-refractivity contribution is 7.16. The van der Waals surface area contributed by atoms with Crippen molar-refractivity contribution in [2.45, 2.75) is 40.0 Å². The lowest BCUT2D eigenvalue weighted by Gasteiger charge is -2.33. The van der Waals surface area contributed by atoms with Crippen molar-refractivity contribution in [1.82, 2.24) is 0 Å². The van der Waals surface area contributed by atoms with E-state index in [-0.39, 0.29) is 16.5 Å². The van der Waals surface area contributed by atoms with Crippen LogP contribution in [0.15, 0.2) is 34.7 Å². The number of carbonyl (C=O) groups is 1. The van der Waals surface area contributed by atoms with Gasteiger partial charge in [-0.3, -0.25) is 10.2 Å². The van der Waals surface area contributed by atoms with Gasteiger partial charge in [-0.05, 0) is 48.3 Å². The molecule has 3 aromatic rings. The van der Waals surface area contributed by atoms with Gasteiger partial charge < -0.3 is 9.73 Å². The Morgan fingerprint density at radius 2 is 2.10 bits per heavy atom. The molecule has 6 heteroatoms. The van der Waals surface area contributed by atoms with Crippen molar-refractivity contribution < 1.29 is 9.21 Å². The van der Waals surface area contributed by atoms with Crippen molar-refractivity contribution in [3.05, 3.63) is 57.5 Å². The maximum absolute atomic E-state index is 12.9. The number of fused-ring (bicyclic) bond motifs is 2. The molecule has 0 fully saturated rings. The van der Waals surface area contributed by atoms with Crippen molar-refractivity contribution in [1.29, 1.82) is 10.7 Å². The van der Waals surface area contributed by atoms with E-state index in [4.69, 9.17) is 9.83 Å². The molecule has 4 rings (SSSR count). The second kappa shape index (κ2) is 7.16. The van der Waals surface area contributed by atoms with Gasteiger partial charge in [-0.2, -0.15) is 5.26 Å². The zero-order valence-corrected chi connectivity index (χ0v) is 17.6. The molecule has 0 saturated carbocycles. The Hall–Kier alpha value is -2.91. The minimum absolute atomic E-state index is 0.159. The third-order valence-electron chi connectivity index (χ3n) is 5.75. The first-order chi connectivity index (χ1) is 13.8. The summed E-state index contributed by atoms with van der Waals surface area (Å²) in [5.41, 5.74) is 2.38. The fraction of sp³-hybridized carbons (Fsp3) is 0.348. The van der Waals surface area contributed by atoms with Crippen molar-refractivity contribution >= 4 is 33.2 Å². The Bertz CT molecular complexity index is 1210. The molecule has 2 heterocycles. The smallest absolute Gasteiger partial charge is 0.261 e. The van der Waals surface area contributed by atoms with Gasteiger partial charge in [-0.15, -0.1) is 11.3 Å². The third-order valence-corrected chi connectivity index (χ3v) is 6.92. The van der Waals surface area contributed by atoms with Gasteiger partial charge in [-0.1, -0.05) is 39.0 Å². The van der Waals surface area contributed by atoms with Gasteiger partial charge >= 0.3 is 0 Å². The van der Waals surface area contributed by atoms with E-state index >= 15 is 0 Å². The molecule has 2 N–H and O–H groups in total. The summed E-state index contributed by atoms with van der Waals surface area (Å²) in [7, 11) is 0. The van der Waals surface area contributed by atoms with E-state index in [1.54, 1.807) is 12.1 Å². The van der Waals surface area contributed by atoms with Gasteiger partial charge in [0.05, 0.1) is 5.56 Å². The third kappa shape index (κ3) is 3.58. The van der Waals surface area contributed by atoms with Crippen LogP contribution in [0.4, 0.5) is 5.00 Å². The Morgan fingerprint density at radius 1 is 1.34 bits per heavy atom. The standard InChI is InChI=1S/C23H23N3O2S/c1-23(2,3)14-8-9-15-17(12-24)22(29-19(15)11-14)26-21(27)16-10-13-6-4-5-7-18(13)28-20(16)25/h4-7,10,14,25H,8-9,11H2,1-3H3,(H,26,27)/t14-/m1/s1. The van der Waals surface area contributed by atoms with E-state index in [0.717, 1.165) is 30.2 Å². The normalized spacial score (nSPS) is 16.3. The number of anilines is 1. The molecular weight excluding hydrogens is 382 g/mol. The predicted molar refractivity (Wildman–Crippen MR) is 114 cm³/mol. The second-order valence-electron chi connectivity index (χ2n) is 8.61. The summed E-state index contributed by atoms with van der Waals surface area (Å²) in [6.07, 6.45) is 2.85. The van der Waals surface area contributed by atoms with Gasteiger partial charge in [0.25, 0.3) is 5.91 Å². The Labute approximate surface area is 173 Å². The van der Waals surface area contributed by atoms with E-state index in [1.165, 1.54) is 16.2 Å². The molecule has 0 spiro atoms. The van der Waals surface area contributed by atoms with Crippen LogP contribution in [0.1, 0.15) is 53.6 Å². The van der Waals surface area contributed by atoms with Gasteiger partial charge in [0, 0.05) is 10.3 Å². The summed E-state index contributed by atoms with van der Waals surface area (Å²) < 4.78 is 5.49. The average molecular weight is 406 g/mol. The minimum atomic E-state index is -0.424. The quantitative estimate of drug-likeness (QED) is 0.610. The zero-order chi connectivity index (χ0) is 20.8. The number of amides is 1. The highest BCUT2D eigenvalue weighted by atomic mass is 32.1. The molecule has 0 bridgehead atoms. The van der Waals surface area contributed by atoms with Gasteiger partial charge in [0.2, 0.25) is 5.55 Å². The van der Waals surface area contributed by atoms with Crippen molar-refractivity contribution in [2.75, 3.05) is 5.32 Å². The molecule has 0 radical (unpaired) electrons. The molecule has 0 unspecified atom stereocenters. The molecule has 5 nitrogen and oxygen atoms in total. The van der Waals surface area contributed by atoms with Crippen LogP contribution < -0.4 is 10.9 Å². The summed E-state index contributed by atoms with van der Waals surface area (Å²) in [6.45, 7) is 6.76. The molecule has 148 valence electrons. The number of hydrogen-bond donors (Lipinski definition) is 2. The molecule has 1 aliphatic rings. The summed E-state index contributed by atoms with van der Waals surface area (Å²) in [5, 5.41) is 22.0. The number of nitrogens with zero attached hydrogens (tertiary/aromatic N) is 1. The highest BCUT2D eigenvalue weighted by Crippen LogP contribution is 2.44. The van der Waals surface area contributed by atoms with Gasteiger partial charge in [0.1, 0.15) is 22.2 Å². The summed E-state index contributed by atoms with van der Waals surface area (Å²) >= 11 is 1.49. The van der Waals surface area contributed by atoms with Crippen LogP contribution in [0.25, 0.3) is 11.0 Å². The van der Waals surface area contributed by atoms with Crippen molar-refractivity contribution in [2.24, 2.45) is 11.3 Å². The Morgan fingerprint density at radius 3 is 2.83 bits per heavy atom. The topological polar surface area (TPSA) is 89.9 Å². The molecule has 29 heavy (non-hydrogen) atoms. The van der Waals surface area contributed by atoms with E-state index < -0.39 is 5.91 Å². The van der Waals surface area contributed by atoms with E-state index in [0.29, 0.717) is 22.1 Å². The number of para-hydroxylation sites is 1. The number of nitriles is 1. The van der Waals surface area contributed by atoms with Crippen LogP contribution >= 0.6 is 11.3 Å². The summed E-state index contributed by atoms with van der Waals surface area (Å²) in [6, 6.07) is 11.2. The molecule has 2 aromatic heterocycles. The molecule has 1 amide bonds. The number of rotatable bonds is 2. The second-order valence-corrected chi connectivity index (χ2v) is 9.71. The fourth-order valence-corrected chi connectivity index (χ4v) is 5.22. The first kappa shape index (κ1) is 19.4. The fourth-order valence-electron chi connectivity index (χ4n) is 3.95. The lowest BCUT2D eigenvalue weighted by Crippen LogP contribution is -2.26.